The highest BCUT2D eigenvalue weighted by molar-refractivity contribution is 5.84. The quantitative estimate of drug-likeness (QED) is 0.679. The molecule has 0 unspecified atom stereocenters. The lowest BCUT2D eigenvalue weighted by Crippen LogP contribution is -2.24. The summed E-state index contributed by atoms with van der Waals surface area (Å²) >= 11 is 0. The first-order chi connectivity index (χ1) is 10.9. The van der Waals surface area contributed by atoms with Gasteiger partial charge in [-0.15, -0.1) is 0 Å². The molecule has 120 valence electrons. The molecule has 0 aromatic heterocycles. The number of nitrogens with zero attached hydrogens (tertiary/aromatic N) is 1. The van der Waals surface area contributed by atoms with Gasteiger partial charge in [0.1, 0.15) is 5.75 Å². The van der Waals surface area contributed by atoms with Gasteiger partial charge in [0.15, 0.2) is 6.61 Å². The predicted molar refractivity (Wildman–Crippen MR) is 93.1 cm³/mol. The van der Waals surface area contributed by atoms with Crippen molar-refractivity contribution in [2.45, 2.75) is 27.7 Å². The van der Waals surface area contributed by atoms with Crippen molar-refractivity contribution in [3.63, 3.8) is 0 Å². The Morgan fingerprint density at radius 3 is 2.39 bits per heavy atom. The van der Waals surface area contributed by atoms with Crippen molar-refractivity contribution >= 4 is 12.1 Å². The minimum Gasteiger partial charge on any atom is -0.484 e. The van der Waals surface area contributed by atoms with E-state index in [9.17, 15) is 4.79 Å². The highest BCUT2D eigenvalue weighted by Gasteiger charge is 2.03. The van der Waals surface area contributed by atoms with Crippen molar-refractivity contribution in [3.05, 3.63) is 64.2 Å². The van der Waals surface area contributed by atoms with Gasteiger partial charge >= 0.3 is 0 Å². The van der Waals surface area contributed by atoms with Gasteiger partial charge in [0.05, 0.1) is 6.21 Å². The first kappa shape index (κ1) is 16.7. The number of amides is 1. The number of carbonyl (C=O) groups excluding carboxylic acids is 1. The van der Waals surface area contributed by atoms with E-state index in [1.807, 2.05) is 52.0 Å². The SMILES string of the molecule is Cc1cc(C)cc(OCC(=O)NN=Cc2ccc(C)cc2C)c1. The summed E-state index contributed by atoms with van der Waals surface area (Å²) in [5, 5.41) is 3.97. The van der Waals surface area contributed by atoms with Crippen molar-refractivity contribution in [1.82, 2.24) is 5.43 Å². The van der Waals surface area contributed by atoms with Crippen LogP contribution in [0.15, 0.2) is 41.5 Å². The van der Waals surface area contributed by atoms with Gasteiger partial charge in [0.25, 0.3) is 5.91 Å². The molecule has 1 amide bonds. The molecule has 2 aromatic rings. The number of aryl methyl sites for hydroxylation is 4. The maximum absolute atomic E-state index is 11.8. The van der Waals surface area contributed by atoms with Crippen LogP contribution in [0, 0.1) is 27.7 Å². The second-order valence-corrected chi connectivity index (χ2v) is 5.77. The first-order valence-corrected chi connectivity index (χ1v) is 7.54. The molecule has 0 spiro atoms. The zero-order valence-electron chi connectivity index (χ0n) is 14.0. The van der Waals surface area contributed by atoms with Crippen LogP contribution in [-0.2, 0) is 4.79 Å². The summed E-state index contributed by atoms with van der Waals surface area (Å²) < 4.78 is 5.49. The minimum absolute atomic E-state index is 0.0624. The van der Waals surface area contributed by atoms with Crippen molar-refractivity contribution in [1.29, 1.82) is 0 Å². The van der Waals surface area contributed by atoms with Crippen LogP contribution in [0.4, 0.5) is 0 Å². The lowest BCUT2D eigenvalue weighted by molar-refractivity contribution is -0.123. The number of nitrogens with one attached hydrogen (secondary N) is 1. The molecular formula is C19H22N2O2. The van der Waals surface area contributed by atoms with Gasteiger partial charge in [0, 0.05) is 0 Å². The van der Waals surface area contributed by atoms with Crippen molar-refractivity contribution < 1.29 is 9.53 Å². The third-order valence-corrected chi connectivity index (χ3v) is 3.38. The monoisotopic (exact) mass is 310 g/mol. The molecule has 2 rings (SSSR count). The van der Waals surface area contributed by atoms with Gasteiger partial charge in [-0.2, -0.15) is 5.10 Å². The van der Waals surface area contributed by atoms with E-state index in [2.05, 4.69) is 22.7 Å². The normalized spacial score (nSPS) is 10.8. The molecule has 23 heavy (non-hydrogen) atoms. The van der Waals surface area contributed by atoms with E-state index < -0.39 is 0 Å². The van der Waals surface area contributed by atoms with Crippen LogP contribution in [-0.4, -0.2) is 18.7 Å². The number of ether oxygens (including phenoxy) is 1. The van der Waals surface area contributed by atoms with Gasteiger partial charge in [-0.1, -0.05) is 29.8 Å². The van der Waals surface area contributed by atoms with Gasteiger partial charge in [0.2, 0.25) is 0 Å². The van der Waals surface area contributed by atoms with Crippen LogP contribution in [0.1, 0.15) is 27.8 Å². The Balaban J connectivity index is 1.86. The molecule has 0 aliphatic rings. The van der Waals surface area contributed by atoms with Crippen LogP contribution in [0.3, 0.4) is 0 Å². The van der Waals surface area contributed by atoms with E-state index in [0.29, 0.717) is 5.75 Å². The van der Waals surface area contributed by atoms with Crippen molar-refractivity contribution in [2.24, 2.45) is 5.10 Å². The fourth-order valence-electron chi connectivity index (χ4n) is 2.34. The fourth-order valence-corrected chi connectivity index (χ4v) is 2.34. The Morgan fingerprint density at radius 1 is 1.04 bits per heavy atom. The molecule has 0 aliphatic carbocycles. The topological polar surface area (TPSA) is 50.7 Å². The van der Waals surface area contributed by atoms with Crippen LogP contribution in [0.25, 0.3) is 0 Å². The average Bonchev–Trinajstić information content (AvgIpc) is 2.46. The Morgan fingerprint density at radius 2 is 1.74 bits per heavy atom. The molecule has 4 heteroatoms. The number of hydrogen-bond donors (Lipinski definition) is 1. The van der Waals surface area contributed by atoms with E-state index in [1.54, 1.807) is 6.21 Å². The lowest BCUT2D eigenvalue weighted by Gasteiger charge is -2.07. The third-order valence-electron chi connectivity index (χ3n) is 3.38. The fraction of sp³-hybridized carbons (Fsp3) is 0.263. The Bertz CT molecular complexity index is 716. The molecule has 0 bridgehead atoms. The maximum Gasteiger partial charge on any atom is 0.277 e. The van der Waals surface area contributed by atoms with Gasteiger partial charge in [-0.3, -0.25) is 4.79 Å². The minimum atomic E-state index is -0.287. The molecular weight excluding hydrogens is 288 g/mol. The summed E-state index contributed by atoms with van der Waals surface area (Å²) in [4.78, 5) is 11.8. The third kappa shape index (κ3) is 5.25. The van der Waals surface area contributed by atoms with Crippen LogP contribution in [0.5, 0.6) is 5.75 Å². The standard InChI is InChI=1S/C19H22N2O2/c1-13-5-6-17(16(4)8-13)11-20-21-19(22)12-23-18-9-14(2)7-15(3)10-18/h5-11H,12H2,1-4H3,(H,21,22). The summed E-state index contributed by atoms with van der Waals surface area (Å²) in [6.07, 6.45) is 1.64. The van der Waals surface area contributed by atoms with Gasteiger partial charge < -0.3 is 4.74 Å². The van der Waals surface area contributed by atoms with Gasteiger partial charge in [-0.25, -0.2) is 5.43 Å². The molecule has 0 atom stereocenters. The summed E-state index contributed by atoms with van der Waals surface area (Å²) in [6, 6.07) is 11.9. The average molecular weight is 310 g/mol. The summed E-state index contributed by atoms with van der Waals surface area (Å²) in [6.45, 7) is 7.98. The molecule has 0 aliphatic heterocycles. The number of rotatable bonds is 5. The zero-order chi connectivity index (χ0) is 16.8. The zero-order valence-corrected chi connectivity index (χ0v) is 14.0. The van der Waals surface area contributed by atoms with Gasteiger partial charge in [-0.05, 0) is 62.1 Å². The molecule has 4 nitrogen and oxygen atoms in total. The second-order valence-electron chi connectivity index (χ2n) is 5.77. The number of hydrogen-bond acceptors (Lipinski definition) is 3. The molecule has 0 radical (unpaired) electrons. The van der Waals surface area contributed by atoms with Crippen molar-refractivity contribution in [2.75, 3.05) is 6.61 Å². The smallest absolute Gasteiger partial charge is 0.277 e. The van der Waals surface area contributed by atoms with E-state index in [4.69, 9.17) is 4.74 Å². The Labute approximate surface area is 137 Å². The van der Waals surface area contributed by atoms with E-state index in [0.717, 1.165) is 22.3 Å². The van der Waals surface area contributed by atoms with E-state index >= 15 is 0 Å². The lowest BCUT2D eigenvalue weighted by atomic mass is 10.1. The highest BCUT2D eigenvalue weighted by Crippen LogP contribution is 2.15. The van der Waals surface area contributed by atoms with Crippen LogP contribution in [0.2, 0.25) is 0 Å². The second kappa shape index (κ2) is 7.58. The molecule has 0 fully saturated rings. The van der Waals surface area contributed by atoms with Crippen LogP contribution < -0.4 is 10.2 Å². The molecule has 0 saturated carbocycles. The van der Waals surface area contributed by atoms with Crippen molar-refractivity contribution in [3.8, 4) is 5.75 Å². The largest absolute Gasteiger partial charge is 0.484 e. The number of hydrazone groups is 1. The number of carbonyl (C=O) groups is 1. The number of benzene rings is 2. The van der Waals surface area contributed by atoms with E-state index in [1.165, 1.54) is 5.56 Å². The molecule has 2 aromatic carbocycles. The highest BCUT2D eigenvalue weighted by atomic mass is 16.5. The summed E-state index contributed by atoms with van der Waals surface area (Å²) in [7, 11) is 0. The summed E-state index contributed by atoms with van der Waals surface area (Å²) in [5.41, 5.74) is 7.99. The maximum atomic E-state index is 11.8. The predicted octanol–water partition coefficient (Wildman–Crippen LogP) is 3.45. The molecule has 0 saturated heterocycles. The first-order valence-electron chi connectivity index (χ1n) is 7.54. The molecule has 1 N–H and O–H groups in total. The Hall–Kier alpha value is -2.62. The van der Waals surface area contributed by atoms with E-state index in [-0.39, 0.29) is 12.5 Å². The Kier molecular flexibility index (Phi) is 5.52. The molecule has 0 heterocycles. The summed E-state index contributed by atoms with van der Waals surface area (Å²) in [5.74, 6) is 0.404. The van der Waals surface area contributed by atoms with Crippen LogP contribution >= 0.6 is 0 Å².